The molecule has 21 heterocycles. The molecule has 14 heteroatoms. The van der Waals surface area contributed by atoms with Gasteiger partial charge in [0.25, 0.3) is 0 Å². The van der Waals surface area contributed by atoms with E-state index in [0.717, 1.165) is 0 Å². The van der Waals surface area contributed by atoms with Gasteiger partial charge >= 0.3 is 0 Å². The van der Waals surface area contributed by atoms with Gasteiger partial charge in [0.1, 0.15) is 0 Å². The number of ether oxygens (including phenoxy) is 14. The Hall–Kier alpha value is -0.560. The van der Waals surface area contributed by atoms with Crippen LogP contribution in [0.2, 0.25) is 0 Å². The van der Waals surface area contributed by atoms with Gasteiger partial charge in [-0.2, -0.15) is 0 Å². The normalized spacial score (nSPS) is 59.7. The van der Waals surface area contributed by atoms with E-state index >= 15 is 0 Å². The number of rotatable bonds is 0. The van der Waals surface area contributed by atoms with Crippen LogP contribution in [-0.4, -0.2) is 129 Å². The zero-order chi connectivity index (χ0) is 51.1. The van der Waals surface area contributed by atoms with Gasteiger partial charge in [-0.15, -0.1) is 0 Å². The predicted molar refractivity (Wildman–Crippen MR) is 263 cm³/mol. The summed E-state index contributed by atoms with van der Waals surface area (Å²) in [6, 6.07) is 0. The Bertz CT molecular complexity index is 1360. The molecule has 14 nitrogen and oxygen atoms in total. The highest BCUT2D eigenvalue weighted by molar-refractivity contribution is 4.96. The van der Waals surface area contributed by atoms with Crippen LogP contribution in [0, 0.1) is 82.9 Å². The molecule has 21 rings (SSSR count). The Morgan fingerprint density at radius 2 is 0.229 bits per heavy atom. The van der Waals surface area contributed by atoms with Crippen molar-refractivity contribution in [3.63, 3.8) is 0 Å². The quantitative estimate of drug-likeness (QED) is 0.228. The van der Waals surface area contributed by atoms with Gasteiger partial charge in [0.05, 0.1) is 85.5 Å². The maximum absolute atomic E-state index is 6.97. The molecule has 0 saturated carbocycles. The van der Waals surface area contributed by atoms with Gasteiger partial charge < -0.3 is 66.3 Å². The Balaban J connectivity index is 1.02. The molecular weight excluding hydrogens is 897 g/mol. The molecule has 21 aliphatic rings. The van der Waals surface area contributed by atoms with Crippen molar-refractivity contribution >= 4 is 0 Å². The molecule has 21 aliphatic heterocycles. The molecule has 0 N–H and O–H groups in total. The molecule has 21 saturated heterocycles. The molecule has 14 unspecified atom stereocenters. The fraction of sp³-hybridized carbons (Fsp3) is 1.00. The van der Waals surface area contributed by atoms with Crippen molar-refractivity contribution in [1.29, 1.82) is 0 Å². The average molecular weight is 995 g/mol. The van der Waals surface area contributed by atoms with Crippen LogP contribution in [0.3, 0.4) is 0 Å². The van der Waals surface area contributed by atoms with E-state index in [1.165, 1.54) is 0 Å². The Labute approximate surface area is 422 Å². The first-order valence-electron chi connectivity index (χ1n) is 28.1. The van der Waals surface area contributed by atoms with Crippen LogP contribution in [0.15, 0.2) is 0 Å². The van der Waals surface area contributed by atoms with Crippen LogP contribution < -0.4 is 0 Å². The van der Waals surface area contributed by atoms with Crippen LogP contribution in [-0.2, 0) is 66.3 Å². The number of hydrogen-bond acceptors (Lipinski definition) is 14. The van der Waals surface area contributed by atoms with Crippen molar-refractivity contribution in [3.8, 4) is 0 Å². The summed E-state index contributed by atoms with van der Waals surface area (Å²) >= 11 is 0. The van der Waals surface area contributed by atoms with E-state index in [1.807, 2.05) is 0 Å². The second-order valence-corrected chi connectivity index (χ2v) is 24.7. The third-order valence-electron chi connectivity index (χ3n) is 20.2. The van der Waals surface area contributed by atoms with E-state index in [1.54, 1.807) is 0 Å². The van der Waals surface area contributed by atoms with E-state index in [-0.39, 0.29) is 168 Å². The average Bonchev–Trinajstić information content (AvgIpc) is 3.31. The van der Waals surface area contributed by atoms with Crippen molar-refractivity contribution in [2.75, 3.05) is 0 Å². The van der Waals surface area contributed by atoms with E-state index in [4.69, 9.17) is 66.3 Å². The molecule has 35 atom stereocenters. The van der Waals surface area contributed by atoms with E-state index in [0.29, 0.717) is 0 Å². The van der Waals surface area contributed by atoms with Crippen LogP contribution >= 0.6 is 0 Å². The lowest BCUT2D eigenvalue weighted by Crippen LogP contribution is -2.59. The van der Waals surface area contributed by atoms with E-state index in [9.17, 15) is 0 Å². The summed E-state index contributed by atoms with van der Waals surface area (Å²) < 4.78 is 96.1. The monoisotopic (exact) mass is 995 g/mol. The Kier molecular flexibility index (Phi) is 17.6. The highest BCUT2D eigenvalue weighted by Crippen LogP contribution is 2.46. The molecule has 0 aliphatic carbocycles. The lowest BCUT2D eigenvalue weighted by Gasteiger charge is -2.51. The first-order chi connectivity index (χ1) is 32.9. The SMILES string of the molecule is CC1[C@@H]2OC(C)[C@@H](O[C@H]3OC(C)[C@@H](O[C@@H]4OC(C)[C@@H](O[C@@H]5OC(C)[C@@H](O[C@@H]6OC(C)[C@@H](O[C@@H]7OC(C)[C@@H](O[C@@H]8OC(C)[C@@H](O2)[C@H](C)C8C)[C@H](C)C7C)[C@H](C)C6C)[C@H](C)C5C)[C@H](C)C4C)[C@H](C)C3C)[C@@H]1C. The minimum Gasteiger partial charge on any atom is -0.347 e. The summed E-state index contributed by atoms with van der Waals surface area (Å²) in [6.07, 6.45) is -5.78. The molecule has 0 aromatic carbocycles. The maximum Gasteiger partial charge on any atom is 0.161 e. The Morgan fingerprint density at radius 1 is 0.129 bits per heavy atom. The minimum atomic E-state index is -0.419. The molecular formula is C56H98O14. The fourth-order valence-corrected chi connectivity index (χ4v) is 13.5. The third kappa shape index (κ3) is 10.6. The minimum absolute atomic E-state index is 0.0576. The molecule has 70 heavy (non-hydrogen) atoms. The van der Waals surface area contributed by atoms with Gasteiger partial charge in [-0.05, 0) is 89.9 Å². The van der Waals surface area contributed by atoms with E-state index in [2.05, 4.69) is 145 Å². The lowest BCUT2D eigenvalue weighted by atomic mass is 9.81. The van der Waals surface area contributed by atoms with Gasteiger partial charge in [0, 0.05) is 41.4 Å². The summed E-state index contributed by atoms with van der Waals surface area (Å²) in [7, 11) is 0. The zero-order valence-corrected chi connectivity index (χ0v) is 46.9. The predicted octanol–water partition coefficient (Wildman–Crippen LogP) is 9.82. The van der Waals surface area contributed by atoms with Crippen molar-refractivity contribution in [2.45, 2.75) is 275 Å². The molecule has 0 amide bonds. The van der Waals surface area contributed by atoms with Crippen LogP contribution in [0.4, 0.5) is 0 Å². The van der Waals surface area contributed by atoms with Crippen molar-refractivity contribution in [2.24, 2.45) is 82.9 Å². The second-order valence-electron chi connectivity index (χ2n) is 24.7. The zero-order valence-electron chi connectivity index (χ0n) is 46.9. The molecule has 21 fully saturated rings. The summed E-state index contributed by atoms with van der Waals surface area (Å²) in [5.74, 6) is 1.37. The second kappa shape index (κ2) is 22.2. The maximum atomic E-state index is 6.97. The smallest absolute Gasteiger partial charge is 0.161 e. The van der Waals surface area contributed by atoms with Crippen LogP contribution in [0.25, 0.3) is 0 Å². The molecule has 0 radical (unpaired) electrons. The first kappa shape index (κ1) is 55.7. The number of hydrogen-bond donors (Lipinski definition) is 0. The van der Waals surface area contributed by atoms with Gasteiger partial charge in [0.2, 0.25) is 0 Å². The standard InChI is InChI=1S/C56H98O14/c1-22-29(8)50-57-36(15)43(22)64-51-30(9)23(2)45(38(17)58-51)66-53-32(11)25(4)47(40(19)60-53)68-55-34(13)27(6)49(42(21)62-55)70-56-35(14)28(7)48(41(20)63-56)69-54-33(12)26(5)46(39(18)61-54)67-52-31(10)24(3)44(65-50)37(16)59-52/h22-56H,1-21H3/t22-,23-,24-,25-,26-,27-,28-,29?,30?,31?,32?,33?,34?,35?,36?,37?,38?,39?,40?,41?,42?,43+,44+,45+,46+,47+,48+,49+,50-,51-,52+,53+,54+,55+,56+/m1/s1. The summed E-state index contributed by atoms with van der Waals surface area (Å²) in [6.45, 7) is 46.0. The van der Waals surface area contributed by atoms with Crippen LogP contribution in [0.5, 0.6) is 0 Å². The molecule has 14 bridgehead atoms. The Morgan fingerprint density at radius 3 is 0.329 bits per heavy atom. The first-order valence-corrected chi connectivity index (χ1v) is 28.1. The highest BCUT2D eigenvalue weighted by Gasteiger charge is 2.54. The van der Waals surface area contributed by atoms with Crippen molar-refractivity contribution < 1.29 is 66.3 Å². The van der Waals surface area contributed by atoms with Gasteiger partial charge in [0.15, 0.2) is 44.0 Å². The van der Waals surface area contributed by atoms with Gasteiger partial charge in [-0.1, -0.05) is 96.9 Å². The van der Waals surface area contributed by atoms with Crippen LogP contribution in [0.1, 0.15) is 145 Å². The van der Waals surface area contributed by atoms with Gasteiger partial charge in [-0.3, -0.25) is 0 Å². The molecule has 406 valence electrons. The van der Waals surface area contributed by atoms with Crippen molar-refractivity contribution in [1.82, 2.24) is 0 Å². The lowest BCUT2D eigenvalue weighted by molar-refractivity contribution is -0.364. The topological polar surface area (TPSA) is 129 Å². The fourth-order valence-electron chi connectivity index (χ4n) is 13.5. The molecule has 0 aromatic heterocycles. The molecule has 0 spiro atoms. The third-order valence-corrected chi connectivity index (χ3v) is 20.2. The summed E-state index contributed by atoms with van der Waals surface area (Å²) in [5, 5.41) is 0. The highest BCUT2D eigenvalue weighted by atomic mass is 16.8. The van der Waals surface area contributed by atoms with Crippen molar-refractivity contribution in [3.05, 3.63) is 0 Å². The largest absolute Gasteiger partial charge is 0.347 e. The summed E-state index contributed by atoms with van der Waals surface area (Å²) in [4.78, 5) is 0. The summed E-state index contributed by atoms with van der Waals surface area (Å²) in [5.41, 5.74) is 0. The molecule has 0 aromatic rings. The van der Waals surface area contributed by atoms with Gasteiger partial charge in [-0.25, -0.2) is 0 Å². The van der Waals surface area contributed by atoms with E-state index < -0.39 is 44.0 Å².